The van der Waals surface area contributed by atoms with E-state index in [-0.39, 0.29) is 0 Å². The summed E-state index contributed by atoms with van der Waals surface area (Å²) in [5.41, 5.74) is 3.61. The van der Waals surface area contributed by atoms with Gasteiger partial charge in [0.15, 0.2) is 0 Å². The molecule has 0 aliphatic heterocycles. The second-order valence-corrected chi connectivity index (χ2v) is 10.2. The Balaban J connectivity index is 2.06. The third-order valence-corrected chi connectivity index (χ3v) is 3.48. The molecule has 0 spiro atoms. The van der Waals surface area contributed by atoms with E-state index in [2.05, 4.69) is 47.4 Å². The smallest absolute Gasteiger partial charge is 0.0687 e. The van der Waals surface area contributed by atoms with Gasteiger partial charge in [0, 0.05) is 11.8 Å². The Bertz CT molecular complexity index is 342. The van der Waals surface area contributed by atoms with Crippen molar-refractivity contribution in [1.29, 1.82) is 0 Å². The summed E-state index contributed by atoms with van der Waals surface area (Å²) in [5.74, 6) is 0. The molecule has 0 saturated heterocycles. The fourth-order valence-corrected chi connectivity index (χ4v) is 2.02. The van der Waals surface area contributed by atoms with Crippen LogP contribution >= 0.6 is 0 Å². The van der Waals surface area contributed by atoms with E-state index in [4.69, 9.17) is 0 Å². The Morgan fingerprint density at radius 1 is 1.43 bits per heavy atom. The predicted octanol–water partition coefficient (Wildman–Crippen LogP) is 3.11. The number of nitrogens with zero attached hydrogens (tertiary/aromatic N) is 2. The Hall–Kier alpha value is -0.833. The zero-order valence-electron chi connectivity index (χ0n) is 9.20. The van der Waals surface area contributed by atoms with Crippen molar-refractivity contribution in [2.24, 2.45) is 0 Å². The molecule has 1 aromatic heterocycles. The van der Waals surface area contributed by atoms with Gasteiger partial charge < -0.3 is 0 Å². The predicted molar refractivity (Wildman–Crippen MR) is 62.9 cm³/mol. The summed E-state index contributed by atoms with van der Waals surface area (Å²) in [6.45, 7) is 7.03. The lowest BCUT2D eigenvalue weighted by atomic mass is 10.4. The first-order chi connectivity index (χ1) is 6.54. The molecule has 14 heavy (non-hydrogen) atoms. The van der Waals surface area contributed by atoms with E-state index in [0.717, 1.165) is 0 Å². The highest BCUT2D eigenvalue weighted by Crippen LogP contribution is 2.34. The summed E-state index contributed by atoms with van der Waals surface area (Å²) < 4.78 is 2.10. The SMILES string of the molecule is C[Si](C)(C)/C=C/c1cnn(C2CC2)c1. The lowest BCUT2D eigenvalue weighted by Gasteiger charge is -2.07. The molecule has 1 fully saturated rings. The molecule has 3 heteroatoms. The van der Waals surface area contributed by atoms with Crippen molar-refractivity contribution in [3.05, 3.63) is 23.7 Å². The van der Waals surface area contributed by atoms with E-state index in [0.29, 0.717) is 6.04 Å². The molecule has 76 valence electrons. The van der Waals surface area contributed by atoms with Gasteiger partial charge in [0.1, 0.15) is 0 Å². The Kier molecular flexibility index (Phi) is 2.35. The fraction of sp³-hybridized carbons (Fsp3) is 0.545. The Labute approximate surface area is 86.6 Å². The van der Waals surface area contributed by atoms with Crippen LogP contribution in [0.1, 0.15) is 24.4 Å². The summed E-state index contributed by atoms with van der Waals surface area (Å²) in [7, 11) is -1.06. The van der Waals surface area contributed by atoms with Gasteiger partial charge in [0.25, 0.3) is 0 Å². The summed E-state index contributed by atoms with van der Waals surface area (Å²) in [6.07, 6.45) is 8.96. The van der Waals surface area contributed by atoms with Crippen LogP contribution in [0.4, 0.5) is 0 Å². The molecule has 0 N–H and O–H groups in total. The van der Waals surface area contributed by atoms with Gasteiger partial charge in [-0.25, -0.2) is 0 Å². The Morgan fingerprint density at radius 2 is 2.14 bits per heavy atom. The standard InChI is InChI=1S/C11H18N2Si/c1-14(2,3)7-6-10-8-12-13(9-10)11-4-5-11/h6-9,11H,4-5H2,1-3H3/b7-6+. The minimum atomic E-state index is -1.06. The first-order valence-electron chi connectivity index (χ1n) is 5.28. The van der Waals surface area contributed by atoms with Crippen LogP contribution in [0.15, 0.2) is 18.1 Å². The minimum Gasteiger partial charge on any atom is -0.269 e. The fourth-order valence-electron chi connectivity index (χ4n) is 1.32. The molecule has 0 atom stereocenters. The molecule has 1 heterocycles. The number of hydrogen-bond acceptors (Lipinski definition) is 1. The molecule has 0 radical (unpaired) electrons. The largest absolute Gasteiger partial charge is 0.269 e. The first-order valence-corrected chi connectivity index (χ1v) is 8.86. The molecule has 1 aliphatic carbocycles. The molecule has 0 unspecified atom stereocenters. The van der Waals surface area contributed by atoms with Gasteiger partial charge in [-0.15, -0.1) is 0 Å². The molecular formula is C11H18N2Si. The monoisotopic (exact) mass is 206 g/mol. The average molecular weight is 206 g/mol. The second-order valence-electron chi connectivity index (χ2n) is 5.18. The highest BCUT2D eigenvalue weighted by Gasteiger charge is 2.23. The van der Waals surface area contributed by atoms with Crippen molar-refractivity contribution in [3.63, 3.8) is 0 Å². The minimum absolute atomic E-state index is 0.698. The molecule has 0 bridgehead atoms. The van der Waals surface area contributed by atoms with Crippen LogP contribution in [0.3, 0.4) is 0 Å². The van der Waals surface area contributed by atoms with Crippen LogP contribution in [-0.2, 0) is 0 Å². The maximum Gasteiger partial charge on any atom is 0.0687 e. The van der Waals surface area contributed by atoms with Crippen molar-refractivity contribution in [1.82, 2.24) is 9.78 Å². The zero-order valence-corrected chi connectivity index (χ0v) is 10.2. The summed E-state index contributed by atoms with van der Waals surface area (Å²) >= 11 is 0. The third kappa shape index (κ3) is 2.58. The second kappa shape index (κ2) is 3.39. The number of rotatable bonds is 3. The zero-order chi connectivity index (χ0) is 10.2. The Morgan fingerprint density at radius 3 is 2.71 bits per heavy atom. The molecular weight excluding hydrogens is 188 g/mol. The van der Waals surface area contributed by atoms with Crippen molar-refractivity contribution in [2.45, 2.75) is 38.5 Å². The van der Waals surface area contributed by atoms with Crippen LogP contribution in [0.25, 0.3) is 6.08 Å². The van der Waals surface area contributed by atoms with Crippen LogP contribution in [0.5, 0.6) is 0 Å². The van der Waals surface area contributed by atoms with Gasteiger partial charge in [0.05, 0.1) is 20.3 Å². The van der Waals surface area contributed by atoms with Crippen molar-refractivity contribution in [2.75, 3.05) is 0 Å². The lowest BCUT2D eigenvalue weighted by molar-refractivity contribution is 0.641. The average Bonchev–Trinajstić information content (AvgIpc) is 2.81. The highest BCUT2D eigenvalue weighted by molar-refractivity contribution is 6.81. The maximum absolute atomic E-state index is 4.36. The van der Waals surface area contributed by atoms with Crippen LogP contribution < -0.4 is 0 Å². The van der Waals surface area contributed by atoms with Crippen LogP contribution in [0, 0.1) is 0 Å². The third-order valence-electron chi connectivity index (χ3n) is 2.32. The molecule has 0 aromatic carbocycles. The summed E-state index contributed by atoms with van der Waals surface area (Å²) in [5, 5.41) is 4.36. The van der Waals surface area contributed by atoms with Gasteiger partial charge in [-0.1, -0.05) is 31.4 Å². The van der Waals surface area contributed by atoms with E-state index >= 15 is 0 Å². The molecule has 0 amide bonds. The van der Waals surface area contributed by atoms with Gasteiger partial charge in [0.2, 0.25) is 0 Å². The van der Waals surface area contributed by atoms with Gasteiger partial charge >= 0.3 is 0 Å². The van der Waals surface area contributed by atoms with E-state index in [9.17, 15) is 0 Å². The number of hydrogen-bond donors (Lipinski definition) is 0. The topological polar surface area (TPSA) is 17.8 Å². The van der Waals surface area contributed by atoms with Crippen molar-refractivity contribution in [3.8, 4) is 0 Å². The molecule has 1 aromatic rings. The van der Waals surface area contributed by atoms with Crippen LogP contribution in [0.2, 0.25) is 19.6 Å². The molecule has 1 aliphatic rings. The van der Waals surface area contributed by atoms with Crippen molar-refractivity contribution >= 4 is 14.1 Å². The van der Waals surface area contributed by atoms with Gasteiger partial charge in [-0.05, 0) is 12.8 Å². The highest BCUT2D eigenvalue weighted by atomic mass is 28.3. The molecule has 2 nitrogen and oxygen atoms in total. The normalized spacial score (nSPS) is 17.9. The van der Waals surface area contributed by atoms with Crippen LogP contribution in [-0.4, -0.2) is 17.9 Å². The van der Waals surface area contributed by atoms with Gasteiger partial charge in [-0.3, -0.25) is 4.68 Å². The molecule has 2 rings (SSSR count). The van der Waals surface area contributed by atoms with E-state index in [1.807, 2.05) is 6.20 Å². The van der Waals surface area contributed by atoms with E-state index in [1.165, 1.54) is 18.4 Å². The van der Waals surface area contributed by atoms with Gasteiger partial charge in [-0.2, -0.15) is 5.10 Å². The summed E-state index contributed by atoms with van der Waals surface area (Å²) in [6, 6.07) is 0.698. The van der Waals surface area contributed by atoms with E-state index in [1.54, 1.807) is 0 Å². The van der Waals surface area contributed by atoms with Crippen molar-refractivity contribution < 1.29 is 0 Å². The molecule has 1 saturated carbocycles. The maximum atomic E-state index is 4.36. The quantitative estimate of drug-likeness (QED) is 0.695. The first kappa shape index (κ1) is 9.71. The lowest BCUT2D eigenvalue weighted by Crippen LogP contribution is -2.14. The summed E-state index contributed by atoms with van der Waals surface area (Å²) in [4.78, 5) is 0. The number of aromatic nitrogens is 2. The van der Waals surface area contributed by atoms with E-state index < -0.39 is 8.07 Å².